The van der Waals surface area contributed by atoms with Gasteiger partial charge in [0.05, 0.1) is 25.3 Å². The number of imidazole rings is 1. The van der Waals surface area contributed by atoms with Crippen LogP contribution in [-0.4, -0.2) is 46.6 Å². The van der Waals surface area contributed by atoms with Gasteiger partial charge in [0.1, 0.15) is 0 Å². The lowest BCUT2D eigenvalue weighted by Gasteiger charge is -2.26. The number of thiazole rings is 1. The first-order chi connectivity index (χ1) is 12.2. The third-order valence-electron chi connectivity index (χ3n) is 4.06. The number of hydrogen-bond donors (Lipinski definition) is 1. The quantitative estimate of drug-likeness (QED) is 0.760. The number of carbonyl (C=O) groups excluding carboxylic acids is 1. The molecule has 1 saturated heterocycles. The number of hydrazine groups is 1. The number of ether oxygens (including phenoxy) is 1. The molecule has 0 saturated carbocycles. The SMILES string of the molecule is O=C(Cc1csc2nc(-c3ccc(Cl)cc3)cn12)NN1CCOCC1. The van der Waals surface area contributed by atoms with E-state index in [1.165, 1.54) is 11.3 Å². The Kier molecular flexibility index (Phi) is 4.72. The Hall–Kier alpha value is -1.93. The van der Waals surface area contributed by atoms with Crippen molar-refractivity contribution in [3.05, 3.63) is 46.6 Å². The van der Waals surface area contributed by atoms with Gasteiger partial charge in [-0.1, -0.05) is 23.7 Å². The number of hydrogen-bond acceptors (Lipinski definition) is 5. The van der Waals surface area contributed by atoms with E-state index >= 15 is 0 Å². The van der Waals surface area contributed by atoms with Crippen LogP contribution in [0, 0.1) is 0 Å². The maximum atomic E-state index is 12.3. The molecule has 1 amide bonds. The maximum Gasteiger partial charge on any atom is 0.240 e. The van der Waals surface area contributed by atoms with Crippen molar-refractivity contribution in [1.82, 2.24) is 19.8 Å². The van der Waals surface area contributed by atoms with E-state index < -0.39 is 0 Å². The minimum absolute atomic E-state index is 0.0247. The number of fused-ring (bicyclic) bond motifs is 1. The molecule has 130 valence electrons. The topological polar surface area (TPSA) is 58.9 Å². The Morgan fingerprint density at radius 1 is 1.28 bits per heavy atom. The second-order valence-electron chi connectivity index (χ2n) is 5.82. The number of halogens is 1. The lowest BCUT2D eigenvalue weighted by molar-refractivity contribution is -0.127. The van der Waals surface area contributed by atoms with Gasteiger partial charge in [0, 0.05) is 40.9 Å². The molecule has 0 atom stereocenters. The van der Waals surface area contributed by atoms with Gasteiger partial charge in [-0.15, -0.1) is 11.3 Å². The second-order valence-corrected chi connectivity index (χ2v) is 7.10. The van der Waals surface area contributed by atoms with E-state index in [2.05, 4.69) is 10.4 Å². The van der Waals surface area contributed by atoms with E-state index in [4.69, 9.17) is 16.3 Å². The predicted octanol–water partition coefficient (Wildman–Crippen LogP) is 2.62. The van der Waals surface area contributed by atoms with Crippen LogP contribution in [0.2, 0.25) is 5.02 Å². The fourth-order valence-corrected chi connectivity index (χ4v) is 3.77. The van der Waals surface area contributed by atoms with Crippen LogP contribution in [0.25, 0.3) is 16.2 Å². The van der Waals surface area contributed by atoms with Crippen molar-refractivity contribution in [2.24, 2.45) is 0 Å². The van der Waals surface area contributed by atoms with Gasteiger partial charge in [-0.05, 0) is 12.1 Å². The average molecular weight is 377 g/mol. The summed E-state index contributed by atoms with van der Waals surface area (Å²) in [7, 11) is 0. The van der Waals surface area contributed by atoms with Gasteiger partial charge in [-0.2, -0.15) is 0 Å². The highest BCUT2D eigenvalue weighted by Gasteiger charge is 2.16. The monoisotopic (exact) mass is 376 g/mol. The molecule has 25 heavy (non-hydrogen) atoms. The van der Waals surface area contributed by atoms with Crippen molar-refractivity contribution in [3.8, 4) is 11.3 Å². The molecular weight excluding hydrogens is 360 g/mol. The first-order valence-electron chi connectivity index (χ1n) is 8.02. The molecule has 0 spiro atoms. The summed E-state index contributed by atoms with van der Waals surface area (Å²) in [6.07, 6.45) is 2.28. The van der Waals surface area contributed by atoms with Crippen LogP contribution in [0.4, 0.5) is 0 Å². The zero-order chi connectivity index (χ0) is 17.2. The Balaban J connectivity index is 1.50. The second kappa shape index (κ2) is 7.13. The summed E-state index contributed by atoms with van der Waals surface area (Å²) in [6.45, 7) is 2.73. The van der Waals surface area contributed by atoms with Gasteiger partial charge in [0.25, 0.3) is 0 Å². The summed E-state index contributed by atoms with van der Waals surface area (Å²) >= 11 is 7.47. The summed E-state index contributed by atoms with van der Waals surface area (Å²) in [5, 5.41) is 4.58. The third-order valence-corrected chi connectivity index (χ3v) is 5.20. The van der Waals surface area contributed by atoms with Crippen LogP contribution < -0.4 is 5.43 Å². The maximum absolute atomic E-state index is 12.3. The van der Waals surface area contributed by atoms with Crippen molar-refractivity contribution < 1.29 is 9.53 Å². The zero-order valence-corrected chi connectivity index (χ0v) is 15.0. The standard InChI is InChI=1S/C17H17ClN4O2S/c18-13-3-1-12(2-4-13)15-10-22-14(11-25-17(22)19-15)9-16(23)20-21-5-7-24-8-6-21/h1-4,10-11H,5-9H2,(H,20,23). The van der Waals surface area contributed by atoms with Crippen molar-refractivity contribution in [2.45, 2.75) is 6.42 Å². The van der Waals surface area contributed by atoms with Gasteiger partial charge in [-0.3, -0.25) is 14.6 Å². The fourth-order valence-electron chi connectivity index (χ4n) is 2.77. The van der Waals surface area contributed by atoms with Crippen molar-refractivity contribution in [3.63, 3.8) is 0 Å². The number of morpholine rings is 1. The molecular formula is C17H17ClN4O2S. The molecule has 1 aromatic carbocycles. The van der Waals surface area contributed by atoms with Crippen molar-refractivity contribution in [2.75, 3.05) is 26.3 Å². The normalized spacial score (nSPS) is 15.6. The van der Waals surface area contributed by atoms with Crippen molar-refractivity contribution >= 4 is 33.8 Å². The number of nitrogens with one attached hydrogen (secondary N) is 1. The molecule has 3 heterocycles. The molecule has 1 aliphatic rings. The Bertz CT molecular complexity index is 884. The highest BCUT2D eigenvalue weighted by molar-refractivity contribution is 7.15. The van der Waals surface area contributed by atoms with Crippen LogP contribution in [0.3, 0.4) is 0 Å². The molecule has 1 N–H and O–H groups in total. The number of benzene rings is 1. The minimum Gasteiger partial charge on any atom is -0.379 e. The van der Waals surface area contributed by atoms with Gasteiger partial charge >= 0.3 is 0 Å². The van der Waals surface area contributed by atoms with E-state index in [9.17, 15) is 4.79 Å². The molecule has 3 aromatic rings. The van der Waals surface area contributed by atoms with Crippen LogP contribution in [0.15, 0.2) is 35.8 Å². The summed E-state index contributed by atoms with van der Waals surface area (Å²) in [4.78, 5) is 17.8. The van der Waals surface area contributed by atoms with Crippen LogP contribution >= 0.6 is 22.9 Å². The number of aromatic nitrogens is 2. The van der Waals surface area contributed by atoms with Gasteiger partial charge in [-0.25, -0.2) is 9.99 Å². The highest BCUT2D eigenvalue weighted by atomic mass is 35.5. The van der Waals surface area contributed by atoms with Crippen LogP contribution in [-0.2, 0) is 16.0 Å². The summed E-state index contributed by atoms with van der Waals surface area (Å²) in [5.41, 5.74) is 5.74. The van der Waals surface area contributed by atoms with E-state index in [-0.39, 0.29) is 5.91 Å². The molecule has 8 heteroatoms. The third kappa shape index (κ3) is 3.69. The van der Waals surface area contributed by atoms with E-state index in [0.29, 0.717) is 24.7 Å². The highest BCUT2D eigenvalue weighted by Crippen LogP contribution is 2.25. The molecule has 4 rings (SSSR count). The summed E-state index contributed by atoms with van der Waals surface area (Å²) < 4.78 is 7.26. The first kappa shape index (κ1) is 16.5. The van der Waals surface area contributed by atoms with Crippen LogP contribution in [0.1, 0.15) is 5.69 Å². The van der Waals surface area contributed by atoms with E-state index in [0.717, 1.165) is 35.0 Å². The fraction of sp³-hybridized carbons (Fsp3) is 0.294. The molecule has 0 radical (unpaired) electrons. The average Bonchev–Trinajstić information content (AvgIpc) is 3.18. The number of carbonyl (C=O) groups is 1. The minimum atomic E-state index is -0.0247. The Morgan fingerprint density at radius 3 is 2.80 bits per heavy atom. The molecule has 2 aromatic heterocycles. The molecule has 0 bridgehead atoms. The Labute approximate surface area is 154 Å². The first-order valence-corrected chi connectivity index (χ1v) is 9.28. The van der Waals surface area contributed by atoms with Crippen LogP contribution in [0.5, 0.6) is 0 Å². The van der Waals surface area contributed by atoms with Gasteiger partial charge in [0.2, 0.25) is 5.91 Å². The van der Waals surface area contributed by atoms with E-state index in [1.54, 1.807) is 0 Å². The Morgan fingerprint density at radius 2 is 2.04 bits per heavy atom. The summed E-state index contributed by atoms with van der Waals surface area (Å²) in [5.74, 6) is -0.0247. The van der Waals surface area contributed by atoms with Gasteiger partial charge < -0.3 is 4.74 Å². The molecule has 1 fully saturated rings. The lowest BCUT2D eigenvalue weighted by Crippen LogP contribution is -2.48. The number of rotatable bonds is 4. The predicted molar refractivity (Wildman–Crippen MR) is 97.8 cm³/mol. The molecule has 0 unspecified atom stereocenters. The molecule has 0 aliphatic carbocycles. The largest absolute Gasteiger partial charge is 0.379 e. The van der Waals surface area contributed by atoms with E-state index in [1.807, 2.05) is 45.3 Å². The lowest BCUT2D eigenvalue weighted by atomic mass is 10.2. The number of amides is 1. The molecule has 1 aliphatic heterocycles. The van der Waals surface area contributed by atoms with Gasteiger partial charge in [0.15, 0.2) is 4.96 Å². The van der Waals surface area contributed by atoms with Crippen molar-refractivity contribution in [1.29, 1.82) is 0 Å². The summed E-state index contributed by atoms with van der Waals surface area (Å²) in [6, 6.07) is 7.58. The number of nitrogens with zero attached hydrogens (tertiary/aromatic N) is 3. The molecule has 6 nitrogen and oxygen atoms in total. The zero-order valence-electron chi connectivity index (χ0n) is 13.4. The smallest absolute Gasteiger partial charge is 0.240 e.